The first-order valence-electron chi connectivity index (χ1n) is 9.29. The maximum Gasteiger partial charge on any atom is 0.306 e. The molecule has 0 heterocycles. The lowest BCUT2D eigenvalue weighted by molar-refractivity contribution is -0.157. The fraction of sp³-hybridized carbons (Fsp3) is 0.895. The lowest BCUT2D eigenvalue weighted by Crippen LogP contribution is -2.29. The average molecular weight is 363 g/mol. The van der Waals surface area contributed by atoms with Crippen LogP contribution < -0.4 is 0 Å². The highest BCUT2D eigenvalue weighted by atomic mass is 35.5. The molecule has 0 amide bonds. The summed E-state index contributed by atoms with van der Waals surface area (Å²) in [7, 11) is 0. The molecule has 0 aliphatic carbocycles. The minimum Gasteiger partial charge on any atom is -0.466 e. The molecule has 142 valence electrons. The van der Waals surface area contributed by atoms with Crippen LogP contribution in [0.4, 0.5) is 0 Å². The molecule has 5 heteroatoms. The number of halogens is 1. The Morgan fingerprint density at radius 3 is 1.83 bits per heavy atom. The highest BCUT2D eigenvalue weighted by Crippen LogP contribution is 2.17. The summed E-state index contributed by atoms with van der Waals surface area (Å²) in [6.07, 6.45) is 6.57. The van der Waals surface area contributed by atoms with Crippen LogP contribution >= 0.6 is 11.6 Å². The SMILES string of the molecule is CC(C)C(OC(=O)CCC(=O)OCCCCCCCCCl)C(C)C. The van der Waals surface area contributed by atoms with E-state index < -0.39 is 0 Å². The molecule has 24 heavy (non-hydrogen) atoms. The van der Waals surface area contributed by atoms with Crippen molar-refractivity contribution in [3.8, 4) is 0 Å². The molecule has 0 radical (unpaired) electrons. The van der Waals surface area contributed by atoms with Crippen LogP contribution in [-0.4, -0.2) is 30.5 Å². The van der Waals surface area contributed by atoms with Gasteiger partial charge in [-0.3, -0.25) is 9.59 Å². The average Bonchev–Trinajstić information content (AvgIpc) is 2.52. The first kappa shape index (κ1) is 23.2. The van der Waals surface area contributed by atoms with Crippen LogP contribution in [-0.2, 0) is 19.1 Å². The molecule has 0 aliphatic heterocycles. The minimum absolute atomic E-state index is 0.0905. The number of unbranched alkanes of at least 4 members (excludes halogenated alkanes) is 5. The summed E-state index contributed by atoms with van der Waals surface area (Å²) >= 11 is 5.62. The Balaban J connectivity index is 3.69. The second-order valence-electron chi connectivity index (χ2n) is 6.97. The van der Waals surface area contributed by atoms with Crippen LogP contribution in [0.2, 0.25) is 0 Å². The summed E-state index contributed by atoms with van der Waals surface area (Å²) < 4.78 is 10.6. The van der Waals surface area contributed by atoms with Crippen LogP contribution in [0.3, 0.4) is 0 Å². The largest absolute Gasteiger partial charge is 0.466 e. The molecular weight excluding hydrogens is 328 g/mol. The van der Waals surface area contributed by atoms with E-state index in [-0.39, 0.29) is 42.7 Å². The molecule has 0 fully saturated rings. The van der Waals surface area contributed by atoms with E-state index in [9.17, 15) is 9.59 Å². The van der Waals surface area contributed by atoms with E-state index >= 15 is 0 Å². The molecule has 0 rings (SSSR count). The van der Waals surface area contributed by atoms with Crippen LogP contribution in [0.15, 0.2) is 0 Å². The van der Waals surface area contributed by atoms with Gasteiger partial charge in [0.25, 0.3) is 0 Å². The van der Waals surface area contributed by atoms with Gasteiger partial charge in [-0.15, -0.1) is 11.6 Å². The van der Waals surface area contributed by atoms with Crippen molar-refractivity contribution in [1.82, 2.24) is 0 Å². The molecule has 0 saturated carbocycles. The van der Waals surface area contributed by atoms with Gasteiger partial charge in [-0.1, -0.05) is 53.4 Å². The topological polar surface area (TPSA) is 52.6 Å². The van der Waals surface area contributed by atoms with Crippen molar-refractivity contribution in [3.05, 3.63) is 0 Å². The molecule has 0 aliphatic rings. The number of alkyl halides is 1. The summed E-state index contributed by atoms with van der Waals surface area (Å²) in [6.45, 7) is 8.55. The van der Waals surface area contributed by atoms with Gasteiger partial charge in [0.2, 0.25) is 0 Å². The summed E-state index contributed by atoms with van der Waals surface area (Å²) in [5, 5.41) is 0. The molecule has 0 aromatic heterocycles. The smallest absolute Gasteiger partial charge is 0.306 e. The van der Waals surface area contributed by atoms with Crippen LogP contribution in [0.5, 0.6) is 0 Å². The van der Waals surface area contributed by atoms with Crippen molar-refractivity contribution in [3.63, 3.8) is 0 Å². The molecule has 0 spiro atoms. The van der Waals surface area contributed by atoms with E-state index in [1.165, 1.54) is 12.8 Å². The molecule has 0 bridgehead atoms. The standard InChI is InChI=1S/C19H35ClO4/c1-15(2)19(16(3)4)24-18(22)12-11-17(21)23-14-10-8-6-5-7-9-13-20/h15-16,19H,5-14H2,1-4H3. The van der Waals surface area contributed by atoms with Crippen molar-refractivity contribution in [2.75, 3.05) is 12.5 Å². The van der Waals surface area contributed by atoms with Gasteiger partial charge in [0.05, 0.1) is 19.4 Å². The first-order valence-corrected chi connectivity index (χ1v) is 9.83. The number of carbonyl (C=O) groups excluding carboxylic acids is 2. The van der Waals surface area contributed by atoms with Gasteiger partial charge in [0, 0.05) is 5.88 Å². The van der Waals surface area contributed by atoms with Crippen LogP contribution in [0.1, 0.15) is 79.1 Å². The summed E-state index contributed by atoms with van der Waals surface area (Å²) in [4.78, 5) is 23.5. The van der Waals surface area contributed by atoms with Crippen molar-refractivity contribution >= 4 is 23.5 Å². The van der Waals surface area contributed by atoms with Crippen LogP contribution in [0, 0.1) is 11.8 Å². The highest BCUT2D eigenvalue weighted by molar-refractivity contribution is 6.17. The summed E-state index contributed by atoms with van der Waals surface area (Å²) in [5.41, 5.74) is 0. The van der Waals surface area contributed by atoms with Gasteiger partial charge >= 0.3 is 11.9 Å². The number of rotatable bonds is 14. The van der Waals surface area contributed by atoms with Gasteiger partial charge in [-0.2, -0.15) is 0 Å². The van der Waals surface area contributed by atoms with Gasteiger partial charge < -0.3 is 9.47 Å². The second-order valence-corrected chi connectivity index (χ2v) is 7.35. The van der Waals surface area contributed by atoms with E-state index in [0.29, 0.717) is 6.61 Å². The Hall–Kier alpha value is -0.770. The third-order valence-electron chi connectivity index (χ3n) is 3.91. The molecule has 0 unspecified atom stereocenters. The molecule has 0 N–H and O–H groups in total. The monoisotopic (exact) mass is 362 g/mol. The Morgan fingerprint density at radius 1 is 0.792 bits per heavy atom. The van der Waals surface area contributed by atoms with E-state index in [0.717, 1.165) is 31.6 Å². The van der Waals surface area contributed by atoms with Crippen molar-refractivity contribution < 1.29 is 19.1 Å². The number of esters is 2. The van der Waals surface area contributed by atoms with Crippen molar-refractivity contribution in [2.24, 2.45) is 11.8 Å². The third kappa shape index (κ3) is 12.6. The number of carbonyl (C=O) groups is 2. The zero-order valence-electron chi connectivity index (χ0n) is 15.8. The number of hydrogen-bond donors (Lipinski definition) is 0. The quantitative estimate of drug-likeness (QED) is 0.244. The Kier molecular flexibility index (Phi) is 14.1. The highest BCUT2D eigenvalue weighted by Gasteiger charge is 2.22. The Labute approximate surface area is 152 Å². The molecule has 0 aromatic rings. The van der Waals surface area contributed by atoms with Crippen LogP contribution in [0.25, 0.3) is 0 Å². The van der Waals surface area contributed by atoms with E-state index in [4.69, 9.17) is 21.1 Å². The molecule has 0 saturated heterocycles. The predicted octanol–water partition coefficient (Wildman–Crippen LogP) is 5.11. The number of hydrogen-bond acceptors (Lipinski definition) is 4. The van der Waals surface area contributed by atoms with E-state index in [1.54, 1.807) is 0 Å². The lowest BCUT2D eigenvalue weighted by Gasteiger charge is -2.24. The number of ether oxygens (including phenoxy) is 2. The third-order valence-corrected chi connectivity index (χ3v) is 4.17. The Bertz CT molecular complexity index is 334. The maximum atomic E-state index is 11.8. The molecule has 0 atom stereocenters. The molecular formula is C19H35ClO4. The van der Waals surface area contributed by atoms with Gasteiger partial charge in [0.15, 0.2) is 0 Å². The molecule has 4 nitrogen and oxygen atoms in total. The van der Waals surface area contributed by atoms with Crippen molar-refractivity contribution in [2.45, 2.75) is 85.2 Å². The van der Waals surface area contributed by atoms with E-state index in [2.05, 4.69) is 0 Å². The first-order chi connectivity index (χ1) is 11.4. The molecule has 0 aromatic carbocycles. The zero-order chi connectivity index (χ0) is 18.4. The normalized spacial score (nSPS) is 11.3. The summed E-state index contributed by atoms with van der Waals surface area (Å²) in [6, 6.07) is 0. The van der Waals surface area contributed by atoms with Gasteiger partial charge in [-0.25, -0.2) is 0 Å². The zero-order valence-corrected chi connectivity index (χ0v) is 16.6. The van der Waals surface area contributed by atoms with Crippen molar-refractivity contribution in [1.29, 1.82) is 0 Å². The fourth-order valence-electron chi connectivity index (χ4n) is 2.62. The Morgan fingerprint density at radius 2 is 1.29 bits per heavy atom. The maximum absolute atomic E-state index is 11.8. The predicted molar refractivity (Wildman–Crippen MR) is 98.2 cm³/mol. The van der Waals surface area contributed by atoms with E-state index in [1.807, 2.05) is 27.7 Å². The van der Waals surface area contributed by atoms with Gasteiger partial charge in [-0.05, 0) is 24.7 Å². The minimum atomic E-state index is -0.321. The van der Waals surface area contributed by atoms with Gasteiger partial charge in [0.1, 0.15) is 6.10 Å². The summed E-state index contributed by atoms with van der Waals surface area (Å²) in [5.74, 6) is 0.629. The lowest BCUT2D eigenvalue weighted by atomic mass is 9.96. The second kappa shape index (κ2) is 14.6. The fourth-order valence-corrected chi connectivity index (χ4v) is 2.81.